The summed E-state index contributed by atoms with van der Waals surface area (Å²) in [5, 5.41) is 12.4. The molecule has 1 rings (SSSR count). The van der Waals surface area contributed by atoms with E-state index < -0.39 is 5.60 Å². The first-order chi connectivity index (χ1) is 8.93. The fourth-order valence-corrected chi connectivity index (χ4v) is 1.49. The molecule has 0 saturated heterocycles. The van der Waals surface area contributed by atoms with Crippen LogP contribution in [-0.2, 0) is 9.53 Å². The molecule has 106 valence electrons. The molecule has 1 aromatic rings. The summed E-state index contributed by atoms with van der Waals surface area (Å²) in [5.41, 5.74) is 0.0567. The second kappa shape index (κ2) is 7.11. The number of ether oxygens (including phenoxy) is 2. The van der Waals surface area contributed by atoms with Gasteiger partial charge >= 0.3 is 0 Å². The van der Waals surface area contributed by atoms with E-state index in [1.54, 1.807) is 6.92 Å². The van der Waals surface area contributed by atoms with Crippen LogP contribution in [0.15, 0.2) is 24.3 Å². The van der Waals surface area contributed by atoms with Crippen LogP contribution in [0.2, 0.25) is 0 Å². The van der Waals surface area contributed by atoms with Crippen molar-refractivity contribution in [1.29, 1.82) is 0 Å². The molecule has 5 heteroatoms. The maximum atomic E-state index is 11.5. The predicted octanol–water partition coefficient (Wildman–Crippen LogP) is 0.887. The average Bonchev–Trinajstić information content (AvgIpc) is 2.36. The molecule has 0 bridgehead atoms. The van der Waals surface area contributed by atoms with Gasteiger partial charge in [0.2, 0.25) is 0 Å². The molecule has 0 aliphatic heterocycles. The Hall–Kier alpha value is -1.59. The third-order valence-electron chi connectivity index (χ3n) is 2.51. The van der Waals surface area contributed by atoms with Crippen molar-refractivity contribution in [3.63, 3.8) is 0 Å². The van der Waals surface area contributed by atoms with Crippen molar-refractivity contribution in [2.24, 2.45) is 0 Å². The maximum absolute atomic E-state index is 11.5. The molecule has 0 saturated carbocycles. The van der Waals surface area contributed by atoms with Gasteiger partial charge in [-0.2, -0.15) is 0 Å². The highest BCUT2D eigenvalue weighted by atomic mass is 16.5. The molecule has 1 atom stereocenters. The number of carbonyl (C=O) groups is 1. The summed E-state index contributed by atoms with van der Waals surface area (Å²) in [6.07, 6.45) is 0. The van der Waals surface area contributed by atoms with Crippen LogP contribution in [-0.4, -0.2) is 43.5 Å². The predicted molar refractivity (Wildman–Crippen MR) is 72.2 cm³/mol. The Balaban J connectivity index is 2.30. The Morgan fingerprint density at radius 3 is 2.58 bits per heavy atom. The first-order valence-electron chi connectivity index (χ1n) is 6.10. The standard InChI is InChI=1S/C14H21NO4/c1-11-4-6-12(7-5-11)19-8-13(16)15-9-14(2,17)10-18-3/h4-7,17H,8-10H2,1-3H3,(H,15,16). The van der Waals surface area contributed by atoms with E-state index in [4.69, 9.17) is 9.47 Å². The summed E-state index contributed by atoms with van der Waals surface area (Å²) in [5.74, 6) is 0.362. The van der Waals surface area contributed by atoms with Crippen molar-refractivity contribution in [3.05, 3.63) is 29.8 Å². The number of hydrogen-bond acceptors (Lipinski definition) is 4. The molecule has 0 fully saturated rings. The first kappa shape index (κ1) is 15.5. The minimum atomic E-state index is -1.08. The number of aryl methyl sites for hydroxylation is 1. The number of methoxy groups -OCH3 is 1. The normalized spacial score (nSPS) is 13.7. The quantitative estimate of drug-likeness (QED) is 0.770. The van der Waals surface area contributed by atoms with Crippen LogP contribution >= 0.6 is 0 Å². The van der Waals surface area contributed by atoms with E-state index in [1.165, 1.54) is 7.11 Å². The largest absolute Gasteiger partial charge is 0.484 e. The summed E-state index contributed by atoms with van der Waals surface area (Å²) in [6.45, 7) is 3.78. The van der Waals surface area contributed by atoms with Crippen molar-refractivity contribution in [2.75, 3.05) is 26.9 Å². The summed E-state index contributed by atoms with van der Waals surface area (Å²) in [7, 11) is 1.50. The van der Waals surface area contributed by atoms with E-state index in [2.05, 4.69) is 5.32 Å². The monoisotopic (exact) mass is 267 g/mol. The van der Waals surface area contributed by atoms with Crippen LogP contribution in [0, 0.1) is 6.92 Å². The highest BCUT2D eigenvalue weighted by Crippen LogP contribution is 2.11. The zero-order valence-electron chi connectivity index (χ0n) is 11.6. The van der Waals surface area contributed by atoms with Gasteiger partial charge in [-0.1, -0.05) is 17.7 Å². The van der Waals surface area contributed by atoms with E-state index in [0.29, 0.717) is 5.75 Å². The Morgan fingerprint density at radius 1 is 1.37 bits per heavy atom. The van der Waals surface area contributed by atoms with Gasteiger partial charge in [0.05, 0.1) is 6.61 Å². The molecule has 0 aliphatic rings. The molecule has 0 heterocycles. The molecule has 2 N–H and O–H groups in total. The summed E-state index contributed by atoms with van der Waals surface area (Å²) >= 11 is 0. The van der Waals surface area contributed by atoms with Crippen molar-refractivity contribution in [1.82, 2.24) is 5.32 Å². The SMILES string of the molecule is COCC(C)(O)CNC(=O)COc1ccc(C)cc1. The van der Waals surface area contributed by atoms with Gasteiger partial charge < -0.3 is 19.9 Å². The van der Waals surface area contributed by atoms with Crippen molar-refractivity contribution < 1.29 is 19.4 Å². The minimum Gasteiger partial charge on any atom is -0.484 e. The number of aliphatic hydroxyl groups is 1. The van der Waals surface area contributed by atoms with Crippen LogP contribution < -0.4 is 10.1 Å². The van der Waals surface area contributed by atoms with Crippen LogP contribution in [0.5, 0.6) is 5.75 Å². The molecule has 0 aliphatic carbocycles. The lowest BCUT2D eigenvalue weighted by atomic mass is 10.1. The second-order valence-corrected chi connectivity index (χ2v) is 4.81. The second-order valence-electron chi connectivity index (χ2n) is 4.81. The van der Waals surface area contributed by atoms with Crippen molar-refractivity contribution >= 4 is 5.91 Å². The van der Waals surface area contributed by atoms with Crippen LogP contribution in [0.4, 0.5) is 0 Å². The Kier molecular flexibility index (Phi) is 5.79. The lowest BCUT2D eigenvalue weighted by Crippen LogP contribution is -2.45. The van der Waals surface area contributed by atoms with Crippen molar-refractivity contribution in [3.8, 4) is 5.75 Å². The lowest BCUT2D eigenvalue weighted by molar-refractivity contribution is -0.124. The number of rotatable bonds is 7. The van der Waals surface area contributed by atoms with Gasteiger partial charge in [-0.3, -0.25) is 4.79 Å². The third-order valence-corrected chi connectivity index (χ3v) is 2.51. The Bertz CT molecular complexity index is 400. The van der Waals surface area contributed by atoms with Gasteiger partial charge in [-0.05, 0) is 26.0 Å². The Morgan fingerprint density at radius 2 is 2.00 bits per heavy atom. The number of amides is 1. The van der Waals surface area contributed by atoms with Gasteiger partial charge in [0.25, 0.3) is 5.91 Å². The maximum Gasteiger partial charge on any atom is 0.258 e. The van der Waals surface area contributed by atoms with E-state index in [9.17, 15) is 9.90 Å². The molecule has 0 spiro atoms. The molecule has 1 aromatic carbocycles. The molecule has 1 amide bonds. The zero-order chi connectivity index (χ0) is 14.3. The molecule has 0 aromatic heterocycles. The topological polar surface area (TPSA) is 67.8 Å². The van der Waals surface area contributed by atoms with Crippen LogP contribution in [0.25, 0.3) is 0 Å². The first-order valence-corrected chi connectivity index (χ1v) is 6.10. The highest BCUT2D eigenvalue weighted by Gasteiger charge is 2.20. The number of nitrogens with one attached hydrogen (secondary N) is 1. The van der Waals surface area contributed by atoms with Gasteiger partial charge in [-0.15, -0.1) is 0 Å². The van der Waals surface area contributed by atoms with E-state index in [1.807, 2.05) is 31.2 Å². The molecule has 1 unspecified atom stereocenters. The van der Waals surface area contributed by atoms with E-state index in [-0.39, 0.29) is 25.7 Å². The molecular formula is C14H21NO4. The van der Waals surface area contributed by atoms with E-state index >= 15 is 0 Å². The summed E-state index contributed by atoms with van der Waals surface area (Å²) in [4.78, 5) is 11.5. The average molecular weight is 267 g/mol. The van der Waals surface area contributed by atoms with Crippen LogP contribution in [0.1, 0.15) is 12.5 Å². The van der Waals surface area contributed by atoms with Gasteiger partial charge in [-0.25, -0.2) is 0 Å². The van der Waals surface area contributed by atoms with Crippen molar-refractivity contribution in [2.45, 2.75) is 19.4 Å². The molecule has 19 heavy (non-hydrogen) atoms. The summed E-state index contributed by atoms with van der Waals surface area (Å²) < 4.78 is 10.2. The minimum absolute atomic E-state index is 0.0773. The molecular weight excluding hydrogens is 246 g/mol. The van der Waals surface area contributed by atoms with Gasteiger partial charge in [0.15, 0.2) is 6.61 Å². The van der Waals surface area contributed by atoms with E-state index in [0.717, 1.165) is 5.56 Å². The fraction of sp³-hybridized carbons (Fsp3) is 0.500. The Labute approximate surface area is 113 Å². The smallest absolute Gasteiger partial charge is 0.258 e. The number of hydrogen-bond donors (Lipinski definition) is 2. The summed E-state index contributed by atoms with van der Waals surface area (Å²) in [6, 6.07) is 7.45. The van der Waals surface area contributed by atoms with Gasteiger partial charge in [0, 0.05) is 13.7 Å². The van der Waals surface area contributed by atoms with Gasteiger partial charge in [0.1, 0.15) is 11.4 Å². The highest BCUT2D eigenvalue weighted by molar-refractivity contribution is 5.77. The third kappa shape index (κ3) is 6.22. The fourth-order valence-electron chi connectivity index (χ4n) is 1.49. The lowest BCUT2D eigenvalue weighted by Gasteiger charge is -2.22. The zero-order valence-corrected chi connectivity index (χ0v) is 11.6. The number of benzene rings is 1. The number of carbonyl (C=O) groups excluding carboxylic acids is 1. The van der Waals surface area contributed by atoms with Crippen LogP contribution in [0.3, 0.4) is 0 Å². The molecule has 0 radical (unpaired) electrons. The molecule has 5 nitrogen and oxygen atoms in total.